The van der Waals surface area contributed by atoms with Crippen LogP contribution in [0.5, 0.6) is 0 Å². The maximum atomic E-state index is 11.0. The zero-order chi connectivity index (χ0) is 8.85. The largest absolute Gasteiger partial charge is 0.391 e. The molecule has 0 rings (SSSR count). The zero-order valence-electron chi connectivity index (χ0n) is 6.92. The summed E-state index contributed by atoms with van der Waals surface area (Å²) in [7, 11) is 0. The summed E-state index contributed by atoms with van der Waals surface area (Å²) in [6.07, 6.45) is 2.15. The van der Waals surface area contributed by atoms with Crippen LogP contribution >= 0.6 is 12.0 Å². The minimum absolute atomic E-state index is 0.133. The second-order valence-electron chi connectivity index (χ2n) is 2.14. The SMILES string of the molecule is CCC(C(C)=O)C(=O)OSC. The van der Waals surface area contributed by atoms with Gasteiger partial charge in [0.15, 0.2) is 0 Å². The van der Waals surface area contributed by atoms with E-state index in [4.69, 9.17) is 0 Å². The van der Waals surface area contributed by atoms with Gasteiger partial charge in [-0.2, -0.15) is 0 Å². The average Bonchev–Trinajstić information content (AvgIpc) is 1.88. The minimum Gasteiger partial charge on any atom is -0.391 e. The first-order chi connectivity index (χ1) is 5.13. The molecule has 0 aliphatic rings. The molecule has 0 heterocycles. The van der Waals surface area contributed by atoms with E-state index in [1.807, 2.05) is 0 Å². The lowest BCUT2D eigenvalue weighted by Crippen LogP contribution is -2.21. The van der Waals surface area contributed by atoms with Gasteiger partial charge in [0.05, 0.1) is 12.0 Å². The molecular weight excluding hydrogens is 164 g/mol. The quantitative estimate of drug-likeness (QED) is 0.480. The number of hydrogen-bond acceptors (Lipinski definition) is 4. The van der Waals surface area contributed by atoms with Crippen molar-refractivity contribution in [1.82, 2.24) is 0 Å². The molecule has 0 N–H and O–H groups in total. The standard InChI is InChI=1S/C7H12O3S/c1-4-6(5(2)8)7(9)10-11-3/h6H,4H2,1-3H3. The topological polar surface area (TPSA) is 43.4 Å². The highest BCUT2D eigenvalue weighted by molar-refractivity contribution is 7.94. The van der Waals surface area contributed by atoms with Crippen molar-refractivity contribution in [3.05, 3.63) is 0 Å². The molecular formula is C7H12O3S. The van der Waals surface area contributed by atoms with Crippen molar-refractivity contribution in [3.63, 3.8) is 0 Å². The summed E-state index contributed by atoms with van der Waals surface area (Å²) in [4.78, 5) is 21.7. The Morgan fingerprint density at radius 1 is 1.55 bits per heavy atom. The van der Waals surface area contributed by atoms with E-state index in [-0.39, 0.29) is 5.78 Å². The second kappa shape index (κ2) is 5.18. The van der Waals surface area contributed by atoms with E-state index in [9.17, 15) is 9.59 Å². The fraction of sp³-hybridized carbons (Fsp3) is 0.714. The first kappa shape index (κ1) is 10.5. The third-order valence-corrected chi connectivity index (χ3v) is 1.68. The summed E-state index contributed by atoms with van der Waals surface area (Å²) < 4.78 is 4.61. The summed E-state index contributed by atoms with van der Waals surface area (Å²) in [6, 6.07) is 0. The number of carbonyl (C=O) groups is 2. The molecule has 0 aromatic rings. The van der Waals surface area contributed by atoms with Crippen molar-refractivity contribution in [2.24, 2.45) is 5.92 Å². The molecule has 0 aromatic carbocycles. The van der Waals surface area contributed by atoms with Crippen LogP contribution in [0.15, 0.2) is 0 Å². The minimum atomic E-state index is -0.581. The Bertz CT molecular complexity index is 156. The maximum absolute atomic E-state index is 11.0. The number of ketones is 1. The Morgan fingerprint density at radius 3 is 2.36 bits per heavy atom. The smallest absolute Gasteiger partial charge is 0.328 e. The summed E-state index contributed by atoms with van der Waals surface area (Å²) >= 11 is 0.969. The molecule has 1 atom stereocenters. The number of carbonyl (C=O) groups excluding carboxylic acids is 2. The predicted octanol–water partition coefficient (Wildman–Crippen LogP) is 1.42. The van der Waals surface area contributed by atoms with Crippen molar-refractivity contribution >= 4 is 23.8 Å². The first-order valence-electron chi connectivity index (χ1n) is 3.38. The van der Waals surface area contributed by atoms with Crippen LogP contribution in [-0.2, 0) is 13.8 Å². The van der Waals surface area contributed by atoms with Crippen molar-refractivity contribution in [3.8, 4) is 0 Å². The fourth-order valence-corrected chi connectivity index (χ4v) is 1.04. The normalized spacial score (nSPS) is 12.3. The van der Waals surface area contributed by atoms with Gasteiger partial charge in [-0.25, -0.2) is 0 Å². The molecule has 0 bridgehead atoms. The second-order valence-corrected chi connectivity index (χ2v) is 2.64. The van der Waals surface area contributed by atoms with Crippen LogP contribution in [0.1, 0.15) is 20.3 Å². The molecule has 0 amide bonds. The molecule has 0 radical (unpaired) electrons. The molecule has 4 heteroatoms. The molecule has 11 heavy (non-hydrogen) atoms. The summed E-state index contributed by atoms with van der Waals surface area (Å²) in [5.41, 5.74) is 0. The van der Waals surface area contributed by atoms with Crippen molar-refractivity contribution in [2.75, 3.05) is 6.26 Å². The monoisotopic (exact) mass is 176 g/mol. The van der Waals surface area contributed by atoms with Gasteiger partial charge in [0.1, 0.15) is 11.7 Å². The molecule has 64 valence electrons. The summed E-state index contributed by atoms with van der Waals surface area (Å²) in [5.74, 6) is -1.15. The molecule has 3 nitrogen and oxygen atoms in total. The Labute approximate surface area is 70.7 Å². The Morgan fingerprint density at radius 2 is 2.09 bits per heavy atom. The van der Waals surface area contributed by atoms with E-state index < -0.39 is 11.9 Å². The van der Waals surface area contributed by atoms with Crippen LogP contribution in [0.3, 0.4) is 0 Å². The van der Waals surface area contributed by atoms with E-state index in [0.717, 1.165) is 12.0 Å². The summed E-state index contributed by atoms with van der Waals surface area (Å²) in [5, 5.41) is 0. The van der Waals surface area contributed by atoms with Crippen LogP contribution in [0, 0.1) is 5.92 Å². The molecule has 0 spiro atoms. The highest BCUT2D eigenvalue weighted by Gasteiger charge is 2.22. The molecule has 0 aliphatic carbocycles. The van der Waals surface area contributed by atoms with Gasteiger partial charge in [-0.15, -0.1) is 0 Å². The van der Waals surface area contributed by atoms with Crippen LogP contribution in [0.25, 0.3) is 0 Å². The van der Waals surface area contributed by atoms with Crippen LogP contribution < -0.4 is 0 Å². The van der Waals surface area contributed by atoms with Gasteiger partial charge in [-0.3, -0.25) is 9.59 Å². The van der Waals surface area contributed by atoms with E-state index in [0.29, 0.717) is 6.42 Å². The van der Waals surface area contributed by atoms with E-state index in [1.165, 1.54) is 6.92 Å². The fourth-order valence-electron chi connectivity index (χ4n) is 0.760. The van der Waals surface area contributed by atoms with Crippen LogP contribution in [0.2, 0.25) is 0 Å². The lowest BCUT2D eigenvalue weighted by molar-refractivity contribution is -0.142. The summed E-state index contributed by atoms with van der Waals surface area (Å²) in [6.45, 7) is 3.18. The van der Waals surface area contributed by atoms with Gasteiger partial charge in [0.2, 0.25) is 0 Å². The van der Waals surface area contributed by atoms with E-state index >= 15 is 0 Å². The van der Waals surface area contributed by atoms with Crippen molar-refractivity contribution in [1.29, 1.82) is 0 Å². The van der Waals surface area contributed by atoms with Gasteiger partial charge in [-0.05, 0) is 13.3 Å². The van der Waals surface area contributed by atoms with E-state index in [2.05, 4.69) is 4.18 Å². The van der Waals surface area contributed by atoms with Gasteiger partial charge < -0.3 is 4.18 Å². The highest BCUT2D eigenvalue weighted by atomic mass is 32.2. The lowest BCUT2D eigenvalue weighted by Gasteiger charge is -2.07. The molecule has 0 aromatic heterocycles. The Balaban J connectivity index is 4.03. The van der Waals surface area contributed by atoms with Gasteiger partial charge >= 0.3 is 5.97 Å². The first-order valence-corrected chi connectivity index (χ1v) is 4.53. The van der Waals surface area contributed by atoms with Gasteiger partial charge in [-0.1, -0.05) is 6.92 Å². The maximum Gasteiger partial charge on any atom is 0.328 e. The number of rotatable bonds is 4. The molecule has 0 saturated heterocycles. The Hall–Kier alpha value is -0.510. The van der Waals surface area contributed by atoms with E-state index in [1.54, 1.807) is 13.2 Å². The number of Topliss-reactive ketones (excluding diaryl/α,β-unsaturated/α-hetero) is 1. The highest BCUT2D eigenvalue weighted by Crippen LogP contribution is 2.10. The third-order valence-electron chi connectivity index (χ3n) is 1.35. The average molecular weight is 176 g/mol. The van der Waals surface area contributed by atoms with Gasteiger partial charge in [0.25, 0.3) is 0 Å². The van der Waals surface area contributed by atoms with Crippen molar-refractivity contribution in [2.45, 2.75) is 20.3 Å². The van der Waals surface area contributed by atoms with Crippen LogP contribution in [0.4, 0.5) is 0 Å². The zero-order valence-corrected chi connectivity index (χ0v) is 7.73. The molecule has 0 aliphatic heterocycles. The molecule has 0 fully saturated rings. The Kier molecular flexibility index (Phi) is 4.94. The van der Waals surface area contributed by atoms with Crippen LogP contribution in [-0.4, -0.2) is 18.0 Å². The molecule has 1 unspecified atom stereocenters. The third kappa shape index (κ3) is 3.41. The lowest BCUT2D eigenvalue weighted by atomic mass is 10.0. The number of hydrogen-bond donors (Lipinski definition) is 0. The van der Waals surface area contributed by atoms with Crippen molar-refractivity contribution < 1.29 is 13.8 Å². The predicted molar refractivity (Wildman–Crippen MR) is 44.1 cm³/mol. The molecule has 0 saturated carbocycles. The van der Waals surface area contributed by atoms with Gasteiger partial charge in [0, 0.05) is 6.26 Å².